The molecular weight excluding hydrogens is 249 g/mol. The van der Waals surface area contributed by atoms with Crippen molar-refractivity contribution in [3.63, 3.8) is 0 Å². The van der Waals surface area contributed by atoms with Crippen molar-refractivity contribution in [2.24, 2.45) is 0 Å². The van der Waals surface area contributed by atoms with Gasteiger partial charge in [0.15, 0.2) is 11.6 Å². The zero-order chi connectivity index (χ0) is 13.8. The highest BCUT2D eigenvalue weighted by Crippen LogP contribution is 2.22. The average molecular weight is 267 g/mol. The van der Waals surface area contributed by atoms with Gasteiger partial charge in [0, 0.05) is 6.04 Å². The van der Waals surface area contributed by atoms with Crippen LogP contribution in [0.3, 0.4) is 0 Å². The number of hydrogen-bond donors (Lipinski definition) is 1. The minimum absolute atomic E-state index is 0.0591. The van der Waals surface area contributed by atoms with E-state index in [1.54, 1.807) is 25.1 Å². The van der Waals surface area contributed by atoms with Crippen LogP contribution >= 0.6 is 0 Å². The number of esters is 1. The molecule has 0 spiro atoms. The first kappa shape index (κ1) is 13.8. The van der Waals surface area contributed by atoms with Crippen LogP contribution in [0.15, 0.2) is 18.2 Å². The Labute approximate surface area is 111 Å². The molecule has 1 aromatic carbocycles. The van der Waals surface area contributed by atoms with Gasteiger partial charge in [0.25, 0.3) is 0 Å². The standard InChI is InChI=1S/C14H18FNO3/c1-9-4-3-5-12(13(9)15)19-8-11(14(17)18-2)16-10-6-7-10/h3-5,10-11,16H,6-8H2,1-2H3. The average Bonchev–Trinajstić information content (AvgIpc) is 3.22. The summed E-state index contributed by atoms with van der Waals surface area (Å²) in [7, 11) is 1.33. The predicted octanol–water partition coefficient (Wildman–Crippen LogP) is 1.81. The van der Waals surface area contributed by atoms with Crippen LogP contribution in [-0.4, -0.2) is 31.8 Å². The van der Waals surface area contributed by atoms with E-state index in [1.807, 2.05) is 0 Å². The van der Waals surface area contributed by atoms with Crippen molar-refractivity contribution in [3.8, 4) is 5.75 Å². The Bertz CT molecular complexity index is 460. The zero-order valence-electron chi connectivity index (χ0n) is 11.1. The van der Waals surface area contributed by atoms with E-state index in [1.165, 1.54) is 7.11 Å². The summed E-state index contributed by atoms with van der Waals surface area (Å²) < 4.78 is 23.8. The second-order valence-corrected chi connectivity index (χ2v) is 4.71. The lowest BCUT2D eigenvalue weighted by Crippen LogP contribution is -2.43. The normalized spacial score (nSPS) is 15.9. The molecular formula is C14H18FNO3. The van der Waals surface area contributed by atoms with Gasteiger partial charge in [0.1, 0.15) is 12.6 Å². The third-order valence-electron chi connectivity index (χ3n) is 3.06. The molecule has 0 saturated heterocycles. The van der Waals surface area contributed by atoms with Crippen molar-refractivity contribution in [2.75, 3.05) is 13.7 Å². The molecule has 104 valence electrons. The molecule has 1 fully saturated rings. The topological polar surface area (TPSA) is 47.6 Å². The third kappa shape index (κ3) is 3.67. The fourth-order valence-electron chi connectivity index (χ4n) is 1.77. The summed E-state index contributed by atoms with van der Waals surface area (Å²) in [5.41, 5.74) is 0.516. The molecule has 19 heavy (non-hydrogen) atoms. The highest BCUT2D eigenvalue weighted by atomic mass is 19.1. The summed E-state index contributed by atoms with van der Waals surface area (Å²) in [4.78, 5) is 11.6. The molecule has 2 rings (SSSR count). The number of aryl methyl sites for hydroxylation is 1. The first-order valence-corrected chi connectivity index (χ1v) is 6.33. The van der Waals surface area contributed by atoms with E-state index in [9.17, 15) is 9.18 Å². The number of ether oxygens (including phenoxy) is 2. The first-order chi connectivity index (χ1) is 9.11. The monoisotopic (exact) mass is 267 g/mol. The van der Waals surface area contributed by atoms with E-state index in [4.69, 9.17) is 9.47 Å². The maximum absolute atomic E-state index is 13.7. The lowest BCUT2D eigenvalue weighted by atomic mass is 10.2. The number of benzene rings is 1. The number of methoxy groups -OCH3 is 1. The van der Waals surface area contributed by atoms with Gasteiger partial charge in [-0.05, 0) is 31.4 Å². The fraction of sp³-hybridized carbons (Fsp3) is 0.500. The molecule has 1 aromatic rings. The van der Waals surface area contributed by atoms with Crippen LogP contribution in [0.25, 0.3) is 0 Å². The smallest absolute Gasteiger partial charge is 0.326 e. The third-order valence-corrected chi connectivity index (χ3v) is 3.06. The molecule has 5 heteroatoms. The molecule has 1 aliphatic rings. The Morgan fingerprint density at radius 2 is 2.26 bits per heavy atom. The van der Waals surface area contributed by atoms with Crippen LogP contribution in [0.2, 0.25) is 0 Å². The lowest BCUT2D eigenvalue weighted by Gasteiger charge is -2.17. The van der Waals surface area contributed by atoms with Gasteiger partial charge in [-0.1, -0.05) is 12.1 Å². The minimum atomic E-state index is -0.558. The van der Waals surface area contributed by atoms with E-state index in [-0.39, 0.29) is 18.3 Å². The van der Waals surface area contributed by atoms with E-state index >= 15 is 0 Å². The van der Waals surface area contributed by atoms with E-state index in [0.29, 0.717) is 11.6 Å². The number of carbonyl (C=O) groups is 1. The SMILES string of the molecule is COC(=O)C(COc1cccc(C)c1F)NC1CC1. The Hall–Kier alpha value is -1.62. The molecule has 0 heterocycles. The maximum atomic E-state index is 13.7. The van der Waals surface area contributed by atoms with E-state index in [0.717, 1.165) is 12.8 Å². The maximum Gasteiger partial charge on any atom is 0.326 e. The first-order valence-electron chi connectivity index (χ1n) is 6.33. The Balaban J connectivity index is 1.97. The molecule has 0 radical (unpaired) electrons. The minimum Gasteiger partial charge on any atom is -0.488 e. The second-order valence-electron chi connectivity index (χ2n) is 4.71. The zero-order valence-corrected chi connectivity index (χ0v) is 11.1. The van der Waals surface area contributed by atoms with Gasteiger partial charge < -0.3 is 9.47 Å². The summed E-state index contributed by atoms with van der Waals surface area (Å²) in [6.07, 6.45) is 2.10. The van der Waals surface area contributed by atoms with Gasteiger partial charge in [-0.25, -0.2) is 4.39 Å². The quantitative estimate of drug-likeness (QED) is 0.798. The van der Waals surface area contributed by atoms with Gasteiger partial charge in [-0.3, -0.25) is 10.1 Å². The lowest BCUT2D eigenvalue weighted by molar-refractivity contribution is -0.144. The number of hydrogen-bond acceptors (Lipinski definition) is 4. The van der Waals surface area contributed by atoms with Gasteiger partial charge in [-0.2, -0.15) is 0 Å². The van der Waals surface area contributed by atoms with Gasteiger partial charge in [0.2, 0.25) is 0 Å². The number of rotatable bonds is 6. The Morgan fingerprint density at radius 1 is 1.53 bits per heavy atom. The summed E-state index contributed by atoms with van der Waals surface area (Å²) in [6, 6.07) is 4.72. The second kappa shape index (κ2) is 6.02. The molecule has 1 saturated carbocycles. The summed E-state index contributed by atoms with van der Waals surface area (Å²) >= 11 is 0. The van der Waals surface area contributed by atoms with Crippen LogP contribution in [0, 0.1) is 12.7 Å². The molecule has 1 N–H and O–H groups in total. The summed E-state index contributed by atoms with van der Waals surface area (Å²) in [6.45, 7) is 1.73. The summed E-state index contributed by atoms with van der Waals surface area (Å²) in [5.74, 6) is -0.621. The molecule has 1 unspecified atom stereocenters. The Kier molecular flexibility index (Phi) is 4.37. The number of halogens is 1. The number of nitrogens with one attached hydrogen (secondary N) is 1. The summed E-state index contributed by atoms with van der Waals surface area (Å²) in [5, 5.41) is 3.12. The van der Waals surface area contributed by atoms with Crippen LogP contribution in [0.5, 0.6) is 5.75 Å². The van der Waals surface area contributed by atoms with Crippen molar-refractivity contribution < 1.29 is 18.7 Å². The highest BCUT2D eigenvalue weighted by Gasteiger charge is 2.29. The molecule has 0 aromatic heterocycles. The van der Waals surface area contributed by atoms with Gasteiger partial charge in [-0.15, -0.1) is 0 Å². The van der Waals surface area contributed by atoms with Crippen molar-refractivity contribution in [1.82, 2.24) is 5.32 Å². The van der Waals surface area contributed by atoms with Gasteiger partial charge in [0.05, 0.1) is 7.11 Å². The molecule has 1 aliphatic carbocycles. The molecule has 4 nitrogen and oxygen atoms in total. The molecule has 1 atom stereocenters. The highest BCUT2D eigenvalue weighted by molar-refractivity contribution is 5.76. The van der Waals surface area contributed by atoms with Crippen molar-refractivity contribution >= 4 is 5.97 Å². The van der Waals surface area contributed by atoms with Gasteiger partial charge >= 0.3 is 5.97 Å². The molecule has 0 bridgehead atoms. The fourth-order valence-corrected chi connectivity index (χ4v) is 1.77. The van der Waals surface area contributed by atoms with E-state index < -0.39 is 11.9 Å². The van der Waals surface area contributed by atoms with Crippen molar-refractivity contribution in [1.29, 1.82) is 0 Å². The number of carbonyl (C=O) groups excluding carboxylic acids is 1. The van der Waals surface area contributed by atoms with Crippen molar-refractivity contribution in [2.45, 2.75) is 31.8 Å². The predicted molar refractivity (Wildman–Crippen MR) is 68.6 cm³/mol. The van der Waals surface area contributed by atoms with Crippen molar-refractivity contribution in [3.05, 3.63) is 29.6 Å². The largest absolute Gasteiger partial charge is 0.488 e. The van der Waals surface area contributed by atoms with Crippen LogP contribution in [0.4, 0.5) is 4.39 Å². The van der Waals surface area contributed by atoms with E-state index in [2.05, 4.69) is 5.32 Å². The Morgan fingerprint density at radius 3 is 2.89 bits per heavy atom. The molecule has 0 amide bonds. The van der Waals surface area contributed by atoms with Crippen LogP contribution in [-0.2, 0) is 9.53 Å². The molecule has 0 aliphatic heterocycles. The van der Waals surface area contributed by atoms with Crippen LogP contribution in [0.1, 0.15) is 18.4 Å². The van der Waals surface area contributed by atoms with Crippen LogP contribution < -0.4 is 10.1 Å².